The lowest BCUT2D eigenvalue weighted by Crippen LogP contribution is -2.48. The summed E-state index contributed by atoms with van der Waals surface area (Å²) in [7, 11) is 0. The Kier molecular flexibility index (Phi) is 6.43. The van der Waals surface area contributed by atoms with Gasteiger partial charge in [-0.15, -0.1) is 0 Å². The number of nitrogens with zero attached hydrogens (tertiary/aromatic N) is 3. The highest BCUT2D eigenvalue weighted by molar-refractivity contribution is 6.33. The Morgan fingerprint density at radius 3 is 2.48 bits per heavy atom. The van der Waals surface area contributed by atoms with Gasteiger partial charge < -0.3 is 19.3 Å². The first-order chi connectivity index (χ1) is 14.1. The van der Waals surface area contributed by atoms with E-state index >= 15 is 0 Å². The molecule has 0 radical (unpaired) electrons. The van der Waals surface area contributed by atoms with E-state index in [0.29, 0.717) is 42.8 Å². The van der Waals surface area contributed by atoms with Crippen LogP contribution in [0, 0.1) is 0 Å². The number of pyridine rings is 1. The Bertz CT molecular complexity index is 866. The Labute approximate surface area is 180 Å². The van der Waals surface area contributed by atoms with Crippen molar-refractivity contribution in [1.82, 2.24) is 9.88 Å². The summed E-state index contributed by atoms with van der Waals surface area (Å²) >= 11 is 12.6. The van der Waals surface area contributed by atoms with Gasteiger partial charge in [-0.3, -0.25) is 4.79 Å². The molecule has 6 nitrogen and oxygen atoms in total. The molecule has 0 bridgehead atoms. The minimum absolute atomic E-state index is 0.0492. The lowest BCUT2D eigenvalue weighted by Gasteiger charge is -2.36. The Morgan fingerprint density at radius 1 is 1.07 bits per heavy atom. The largest absolute Gasteiger partial charge is 0.473 e. The van der Waals surface area contributed by atoms with Gasteiger partial charge in [0.05, 0.1) is 29.5 Å². The van der Waals surface area contributed by atoms with Crippen molar-refractivity contribution in [2.24, 2.45) is 0 Å². The molecule has 2 aliphatic heterocycles. The summed E-state index contributed by atoms with van der Waals surface area (Å²) in [6.45, 7) is 4.03. The van der Waals surface area contributed by atoms with Crippen LogP contribution in [0.5, 0.6) is 5.88 Å². The number of hydrogen-bond donors (Lipinski definition) is 0. The van der Waals surface area contributed by atoms with Crippen molar-refractivity contribution < 1.29 is 14.3 Å². The van der Waals surface area contributed by atoms with Crippen molar-refractivity contribution in [3.05, 3.63) is 52.1 Å². The predicted molar refractivity (Wildman–Crippen MR) is 113 cm³/mol. The zero-order valence-electron chi connectivity index (χ0n) is 16.0. The summed E-state index contributed by atoms with van der Waals surface area (Å²) < 4.78 is 11.2. The molecule has 3 heterocycles. The molecule has 1 amide bonds. The normalized spacial score (nSPS) is 18.0. The fourth-order valence-corrected chi connectivity index (χ4v) is 4.09. The number of carbonyl (C=O) groups is 1. The van der Waals surface area contributed by atoms with E-state index < -0.39 is 0 Å². The van der Waals surface area contributed by atoms with Gasteiger partial charge in [-0.05, 0) is 18.2 Å². The fraction of sp³-hybridized carbons (Fsp3) is 0.429. The molecule has 2 saturated heterocycles. The third-order valence-electron chi connectivity index (χ3n) is 5.26. The molecule has 8 heteroatoms. The number of hydrogen-bond acceptors (Lipinski definition) is 5. The summed E-state index contributed by atoms with van der Waals surface area (Å²) in [5, 5.41) is 1.08. The summed E-state index contributed by atoms with van der Waals surface area (Å²) in [5.41, 5.74) is 1.47. The van der Waals surface area contributed by atoms with Crippen molar-refractivity contribution in [3.8, 4) is 5.88 Å². The van der Waals surface area contributed by atoms with Gasteiger partial charge in [-0.25, -0.2) is 4.98 Å². The van der Waals surface area contributed by atoms with E-state index in [-0.39, 0.29) is 12.0 Å². The van der Waals surface area contributed by atoms with Crippen LogP contribution in [-0.4, -0.2) is 61.3 Å². The molecule has 154 valence electrons. The van der Waals surface area contributed by atoms with Crippen molar-refractivity contribution in [3.63, 3.8) is 0 Å². The average molecular weight is 436 g/mol. The SMILES string of the molecule is O=C(c1cnc(OC2CCOCC2)c(Cl)c1)N1CCN(c2ccccc2Cl)CC1. The first-order valence-electron chi connectivity index (χ1n) is 9.80. The van der Waals surface area contributed by atoms with Crippen LogP contribution in [0.15, 0.2) is 36.5 Å². The smallest absolute Gasteiger partial charge is 0.255 e. The number of rotatable bonds is 4. The second kappa shape index (κ2) is 9.20. The van der Waals surface area contributed by atoms with Crippen LogP contribution in [-0.2, 0) is 4.74 Å². The summed E-state index contributed by atoms with van der Waals surface area (Å²) in [4.78, 5) is 21.2. The van der Waals surface area contributed by atoms with E-state index in [9.17, 15) is 4.79 Å². The minimum Gasteiger partial charge on any atom is -0.473 e. The van der Waals surface area contributed by atoms with Gasteiger partial charge in [0.25, 0.3) is 5.91 Å². The lowest BCUT2D eigenvalue weighted by molar-refractivity contribution is 0.0238. The molecule has 0 N–H and O–H groups in total. The first kappa shape index (κ1) is 20.3. The van der Waals surface area contributed by atoms with Gasteiger partial charge in [-0.1, -0.05) is 35.3 Å². The van der Waals surface area contributed by atoms with Crippen LogP contribution in [0.2, 0.25) is 10.0 Å². The molecule has 1 aromatic carbocycles. The summed E-state index contributed by atoms with van der Waals surface area (Å²) in [5.74, 6) is 0.300. The Balaban J connectivity index is 1.37. The van der Waals surface area contributed by atoms with Gasteiger partial charge in [0, 0.05) is 45.2 Å². The number of ether oxygens (including phenoxy) is 2. The zero-order valence-corrected chi connectivity index (χ0v) is 17.5. The highest BCUT2D eigenvalue weighted by Crippen LogP contribution is 2.28. The molecule has 0 unspecified atom stereocenters. The van der Waals surface area contributed by atoms with Crippen molar-refractivity contribution >= 4 is 34.8 Å². The number of para-hydroxylation sites is 1. The monoisotopic (exact) mass is 435 g/mol. The van der Waals surface area contributed by atoms with Gasteiger partial charge in [-0.2, -0.15) is 0 Å². The van der Waals surface area contributed by atoms with Crippen LogP contribution in [0.4, 0.5) is 5.69 Å². The van der Waals surface area contributed by atoms with Crippen LogP contribution < -0.4 is 9.64 Å². The molecular weight excluding hydrogens is 413 g/mol. The van der Waals surface area contributed by atoms with Crippen LogP contribution in [0.25, 0.3) is 0 Å². The number of piperazine rings is 1. The highest BCUT2D eigenvalue weighted by Gasteiger charge is 2.25. The number of aromatic nitrogens is 1. The molecule has 2 fully saturated rings. The maximum absolute atomic E-state index is 12.9. The van der Waals surface area contributed by atoms with E-state index in [0.717, 1.165) is 36.6 Å². The molecule has 29 heavy (non-hydrogen) atoms. The van der Waals surface area contributed by atoms with Crippen molar-refractivity contribution in [2.75, 3.05) is 44.3 Å². The third kappa shape index (κ3) is 4.77. The number of amides is 1. The minimum atomic E-state index is -0.0733. The van der Waals surface area contributed by atoms with Crippen LogP contribution >= 0.6 is 23.2 Å². The van der Waals surface area contributed by atoms with Gasteiger partial charge >= 0.3 is 0 Å². The molecule has 1 aromatic heterocycles. The average Bonchev–Trinajstić information content (AvgIpc) is 2.76. The summed E-state index contributed by atoms with van der Waals surface area (Å²) in [6, 6.07) is 9.41. The standard InChI is InChI=1S/C21H23Cl2N3O3/c22-17-3-1-2-4-19(17)25-7-9-26(10-8-25)21(27)15-13-18(23)20(24-14-15)29-16-5-11-28-12-6-16/h1-4,13-14,16H,5-12H2. The molecular formula is C21H23Cl2N3O3. The number of benzene rings is 1. The molecule has 4 rings (SSSR count). The topological polar surface area (TPSA) is 54.9 Å². The summed E-state index contributed by atoms with van der Waals surface area (Å²) in [6.07, 6.45) is 3.22. The van der Waals surface area contributed by atoms with Crippen LogP contribution in [0.1, 0.15) is 23.2 Å². The highest BCUT2D eigenvalue weighted by atomic mass is 35.5. The quantitative estimate of drug-likeness (QED) is 0.728. The molecule has 2 aliphatic rings. The van der Waals surface area contributed by atoms with E-state index in [1.165, 1.54) is 0 Å². The van der Waals surface area contributed by atoms with Gasteiger partial charge in [0.1, 0.15) is 11.1 Å². The molecule has 0 aliphatic carbocycles. The molecule has 0 saturated carbocycles. The van der Waals surface area contributed by atoms with Gasteiger partial charge in [0.2, 0.25) is 5.88 Å². The van der Waals surface area contributed by atoms with E-state index in [1.807, 2.05) is 29.2 Å². The maximum Gasteiger partial charge on any atom is 0.255 e. The molecule has 2 aromatic rings. The van der Waals surface area contributed by atoms with E-state index in [2.05, 4.69) is 9.88 Å². The molecule has 0 atom stereocenters. The number of anilines is 1. The number of halogens is 2. The maximum atomic E-state index is 12.9. The van der Waals surface area contributed by atoms with Crippen molar-refractivity contribution in [1.29, 1.82) is 0 Å². The van der Waals surface area contributed by atoms with Crippen molar-refractivity contribution in [2.45, 2.75) is 18.9 Å². The second-order valence-corrected chi connectivity index (χ2v) is 7.99. The third-order valence-corrected chi connectivity index (χ3v) is 5.85. The van der Waals surface area contributed by atoms with E-state index in [1.54, 1.807) is 12.3 Å². The Hall–Kier alpha value is -2.02. The van der Waals surface area contributed by atoms with E-state index in [4.69, 9.17) is 32.7 Å². The number of carbonyl (C=O) groups excluding carboxylic acids is 1. The first-order valence-corrected chi connectivity index (χ1v) is 10.6. The van der Waals surface area contributed by atoms with Crippen LogP contribution in [0.3, 0.4) is 0 Å². The fourth-order valence-electron chi connectivity index (χ4n) is 3.62. The predicted octanol–water partition coefficient (Wildman–Crippen LogP) is 3.91. The van der Waals surface area contributed by atoms with Gasteiger partial charge in [0.15, 0.2) is 0 Å². The lowest BCUT2D eigenvalue weighted by atomic mass is 10.1. The Morgan fingerprint density at radius 2 is 1.79 bits per heavy atom. The second-order valence-electron chi connectivity index (χ2n) is 7.17. The molecule has 0 spiro atoms. The zero-order chi connectivity index (χ0) is 20.2.